The van der Waals surface area contributed by atoms with Crippen LogP contribution in [-0.2, 0) is 11.2 Å². The van der Waals surface area contributed by atoms with Crippen molar-refractivity contribution in [1.29, 1.82) is 0 Å². The fraction of sp³-hybridized carbons (Fsp3) is 0.438. The molecule has 19 heavy (non-hydrogen) atoms. The Kier molecular flexibility index (Phi) is 3.28. The molecule has 2 aliphatic rings. The number of ether oxygens (including phenoxy) is 1. The summed E-state index contributed by atoms with van der Waals surface area (Å²) in [7, 11) is 1.68. The number of hydrogen-bond acceptors (Lipinski definition) is 2. The van der Waals surface area contributed by atoms with E-state index in [1.807, 2.05) is 17.0 Å². The van der Waals surface area contributed by atoms with Gasteiger partial charge in [-0.3, -0.25) is 4.79 Å². The number of rotatable bonds is 3. The Balaban J connectivity index is 1.78. The monoisotopic (exact) mass is 257 g/mol. The number of carbonyl (C=O) groups excluding carboxylic acids is 1. The van der Waals surface area contributed by atoms with Gasteiger partial charge in [0.25, 0.3) is 0 Å². The fourth-order valence-corrected chi connectivity index (χ4v) is 3.03. The van der Waals surface area contributed by atoms with Gasteiger partial charge in [-0.25, -0.2) is 0 Å². The molecule has 0 aromatic heterocycles. The minimum Gasteiger partial charge on any atom is -0.497 e. The third-order valence-corrected chi connectivity index (χ3v) is 4.05. The molecule has 3 rings (SSSR count). The number of allylic oxidation sites excluding steroid dienone is 1. The third-order valence-electron chi connectivity index (χ3n) is 4.05. The molecule has 0 spiro atoms. The van der Waals surface area contributed by atoms with Crippen LogP contribution in [0.15, 0.2) is 35.5 Å². The first-order valence-corrected chi connectivity index (χ1v) is 6.92. The molecule has 1 aromatic rings. The van der Waals surface area contributed by atoms with Gasteiger partial charge in [-0.1, -0.05) is 12.1 Å². The Labute approximate surface area is 113 Å². The first-order valence-electron chi connectivity index (χ1n) is 6.92. The molecule has 1 aromatic carbocycles. The van der Waals surface area contributed by atoms with E-state index in [0.29, 0.717) is 5.91 Å². The summed E-state index contributed by atoms with van der Waals surface area (Å²) in [5, 5.41) is 0. The maximum Gasteiger partial charge on any atom is 0.226 e. The molecule has 3 heteroatoms. The van der Waals surface area contributed by atoms with Gasteiger partial charge >= 0.3 is 0 Å². The van der Waals surface area contributed by atoms with Crippen molar-refractivity contribution in [2.45, 2.75) is 32.1 Å². The third kappa shape index (κ3) is 2.37. The Bertz CT molecular complexity index is 516. The van der Waals surface area contributed by atoms with E-state index in [1.165, 1.54) is 16.8 Å². The van der Waals surface area contributed by atoms with E-state index in [4.69, 9.17) is 4.74 Å². The van der Waals surface area contributed by atoms with Gasteiger partial charge in [0.1, 0.15) is 5.75 Å². The summed E-state index contributed by atoms with van der Waals surface area (Å²) in [5.41, 5.74) is 4.04. The zero-order valence-corrected chi connectivity index (χ0v) is 11.3. The Hall–Kier alpha value is -1.77. The van der Waals surface area contributed by atoms with Gasteiger partial charge in [0, 0.05) is 18.7 Å². The normalized spacial score (nSPS) is 18.8. The van der Waals surface area contributed by atoms with E-state index >= 15 is 0 Å². The lowest BCUT2D eigenvalue weighted by molar-refractivity contribution is -0.130. The van der Waals surface area contributed by atoms with Gasteiger partial charge in [-0.15, -0.1) is 0 Å². The van der Waals surface area contributed by atoms with E-state index in [0.717, 1.165) is 44.4 Å². The quantitative estimate of drug-likeness (QED) is 0.833. The van der Waals surface area contributed by atoms with Crippen molar-refractivity contribution >= 4 is 5.91 Å². The molecular formula is C16H19NO2. The number of hydrogen-bond donors (Lipinski definition) is 0. The molecule has 0 N–H and O–H groups in total. The minimum atomic E-state index is 0.311. The molecule has 0 atom stereocenters. The average molecular weight is 257 g/mol. The smallest absolute Gasteiger partial charge is 0.226 e. The van der Waals surface area contributed by atoms with Gasteiger partial charge in [-0.05, 0) is 49.0 Å². The van der Waals surface area contributed by atoms with Crippen molar-refractivity contribution in [1.82, 2.24) is 4.90 Å². The van der Waals surface area contributed by atoms with E-state index in [-0.39, 0.29) is 0 Å². The lowest BCUT2D eigenvalue weighted by atomic mass is 9.99. The topological polar surface area (TPSA) is 29.5 Å². The number of benzene rings is 1. The molecule has 100 valence electrons. The highest BCUT2D eigenvalue weighted by Crippen LogP contribution is 2.33. The highest BCUT2D eigenvalue weighted by molar-refractivity contribution is 5.80. The van der Waals surface area contributed by atoms with Crippen LogP contribution in [-0.4, -0.2) is 24.5 Å². The molecule has 0 radical (unpaired) electrons. The number of carbonyl (C=O) groups is 1. The fourth-order valence-electron chi connectivity index (χ4n) is 3.03. The molecular weight excluding hydrogens is 238 g/mol. The summed E-state index contributed by atoms with van der Waals surface area (Å²) < 4.78 is 5.17. The standard InChI is InChI=1S/C16H19NO2/c1-19-14-7-5-12(6-8-14)11-13-9-10-17-15(13)3-2-4-16(17)18/h5-8H,2-4,9-11H2,1H3. The predicted molar refractivity (Wildman–Crippen MR) is 73.9 cm³/mol. The molecule has 2 heterocycles. The number of nitrogens with zero attached hydrogens (tertiary/aromatic N) is 1. The van der Waals surface area contributed by atoms with Gasteiger partial charge in [0.2, 0.25) is 5.91 Å². The second-order valence-corrected chi connectivity index (χ2v) is 5.22. The van der Waals surface area contributed by atoms with Gasteiger partial charge in [0.05, 0.1) is 7.11 Å². The second kappa shape index (κ2) is 5.08. The zero-order valence-electron chi connectivity index (χ0n) is 11.3. The second-order valence-electron chi connectivity index (χ2n) is 5.22. The van der Waals surface area contributed by atoms with Crippen LogP contribution in [0.5, 0.6) is 5.75 Å². The van der Waals surface area contributed by atoms with Crippen LogP contribution in [0, 0.1) is 0 Å². The van der Waals surface area contributed by atoms with Crippen LogP contribution in [0.3, 0.4) is 0 Å². The van der Waals surface area contributed by atoms with Crippen molar-refractivity contribution in [3.05, 3.63) is 41.1 Å². The maximum atomic E-state index is 11.8. The number of piperidine rings is 1. The SMILES string of the molecule is COc1ccc(CC2=C3CCCC(=O)N3CC2)cc1. The Morgan fingerprint density at radius 3 is 2.68 bits per heavy atom. The molecule has 1 saturated heterocycles. The Morgan fingerprint density at radius 1 is 1.16 bits per heavy atom. The van der Waals surface area contributed by atoms with Crippen molar-refractivity contribution in [2.75, 3.05) is 13.7 Å². The molecule has 3 nitrogen and oxygen atoms in total. The van der Waals surface area contributed by atoms with Crippen LogP contribution in [0.1, 0.15) is 31.2 Å². The summed E-state index contributed by atoms with van der Waals surface area (Å²) in [6.07, 6.45) is 4.80. The molecule has 0 saturated carbocycles. The molecule has 1 amide bonds. The summed E-state index contributed by atoms with van der Waals surface area (Å²) in [6, 6.07) is 8.22. The lowest BCUT2D eigenvalue weighted by Crippen LogP contribution is -2.31. The maximum absolute atomic E-state index is 11.8. The van der Waals surface area contributed by atoms with Crippen molar-refractivity contribution in [3.8, 4) is 5.75 Å². The minimum absolute atomic E-state index is 0.311. The van der Waals surface area contributed by atoms with E-state index in [2.05, 4.69) is 12.1 Å². The van der Waals surface area contributed by atoms with Crippen LogP contribution < -0.4 is 4.74 Å². The predicted octanol–water partition coefficient (Wildman–Crippen LogP) is 2.91. The lowest BCUT2D eigenvalue weighted by Gasteiger charge is -2.25. The van der Waals surface area contributed by atoms with Gasteiger partial charge < -0.3 is 9.64 Å². The van der Waals surface area contributed by atoms with Crippen molar-refractivity contribution < 1.29 is 9.53 Å². The largest absolute Gasteiger partial charge is 0.497 e. The van der Waals surface area contributed by atoms with Gasteiger partial charge in [-0.2, -0.15) is 0 Å². The van der Waals surface area contributed by atoms with Gasteiger partial charge in [0.15, 0.2) is 0 Å². The number of amides is 1. The highest BCUT2D eigenvalue weighted by atomic mass is 16.5. The van der Waals surface area contributed by atoms with E-state index < -0.39 is 0 Å². The molecule has 0 bridgehead atoms. The average Bonchev–Trinajstić information content (AvgIpc) is 2.84. The van der Waals surface area contributed by atoms with Crippen LogP contribution >= 0.6 is 0 Å². The van der Waals surface area contributed by atoms with Crippen molar-refractivity contribution in [2.24, 2.45) is 0 Å². The zero-order chi connectivity index (χ0) is 13.2. The summed E-state index contributed by atoms with van der Waals surface area (Å²) in [5.74, 6) is 1.20. The molecule has 0 aliphatic carbocycles. The summed E-state index contributed by atoms with van der Waals surface area (Å²) in [4.78, 5) is 13.8. The van der Waals surface area contributed by atoms with Crippen LogP contribution in [0.25, 0.3) is 0 Å². The molecule has 0 unspecified atom stereocenters. The first-order chi connectivity index (χ1) is 9.28. The number of methoxy groups -OCH3 is 1. The molecule has 2 aliphatic heterocycles. The van der Waals surface area contributed by atoms with E-state index in [1.54, 1.807) is 7.11 Å². The van der Waals surface area contributed by atoms with Crippen LogP contribution in [0.2, 0.25) is 0 Å². The van der Waals surface area contributed by atoms with Crippen LogP contribution in [0.4, 0.5) is 0 Å². The summed E-state index contributed by atoms with van der Waals surface area (Å²) >= 11 is 0. The van der Waals surface area contributed by atoms with Crippen molar-refractivity contribution in [3.63, 3.8) is 0 Å². The Morgan fingerprint density at radius 2 is 1.95 bits per heavy atom. The number of fused-ring (bicyclic) bond motifs is 1. The molecule has 1 fully saturated rings. The highest BCUT2D eigenvalue weighted by Gasteiger charge is 2.29. The van der Waals surface area contributed by atoms with E-state index in [9.17, 15) is 4.79 Å². The summed E-state index contributed by atoms with van der Waals surface area (Å²) in [6.45, 7) is 0.889. The first kappa shape index (κ1) is 12.3.